The summed E-state index contributed by atoms with van der Waals surface area (Å²) in [6.07, 6.45) is 10.4. The van der Waals surface area contributed by atoms with Gasteiger partial charge >= 0.3 is 0 Å². The molecule has 0 unspecified atom stereocenters. The average molecular weight is 404 g/mol. The largest absolute Gasteiger partial charge is 0.339 e. The first-order valence-electron chi connectivity index (χ1n) is 10.6. The van der Waals surface area contributed by atoms with Crippen molar-refractivity contribution in [3.63, 3.8) is 0 Å². The lowest BCUT2D eigenvalue weighted by Gasteiger charge is -2.22. The Kier molecular flexibility index (Phi) is 9.97. The molecule has 0 atom stereocenters. The van der Waals surface area contributed by atoms with E-state index in [1.807, 2.05) is 29.2 Å². The number of likely N-dealkylation sites (tertiary alicyclic amines) is 1. The topological polar surface area (TPSA) is 61.4 Å². The van der Waals surface area contributed by atoms with Crippen LogP contribution in [0.5, 0.6) is 0 Å². The highest BCUT2D eigenvalue weighted by molar-refractivity contribution is 7.80. The molecule has 0 spiro atoms. The summed E-state index contributed by atoms with van der Waals surface area (Å²) in [5.74, 6) is -0.0552. The molecule has 0 aliphatic carbocycles. The highest BCUT2D eigenvalue weighted by Crippen LogP contribution is 2.20. The van der Waals surface area contributed by atoms with Crippen molar-refractivity contribution in [3.05, 3.63) is 29.8 Å². The van der Waals surface area contributed by atoms with E-state index >= 15 is 0 Å². The number of carbonyl (C=O) groups is 2. The second-order valence-electron chi connectivity index (χ2n) is 7.42. The SMILES string of the molecule is CCCCCCCC(=O)NC(=S)Nc1ccccc1C(=O)N1CCCCCC1. The number of para-hydroxylation sites is 1. The molecule has 1 fully saturated rings. The van der Waals surface area contributed by atoms with Gasteiger partial charge in [-0.1, -0.05) is 57.6 Å². The number of thiocarbonyl (C=S) groups is 1. The molecule has 1 aliphatic rings. The van der Waals surface area contributed by atoms with Crippen LogP contribution in [-0.4, -0.2) is 34.9 Å². The number of anilines is 1. The molecule has 0 radical (unpaired) electrons. The van der Waals surface area contributed by atoms with Crippen LogP contribution < -0.4 is 10.6 Å². The van der Waals surface area contributed by atoms with Crippen molar-refractivity contribution >= 4 is 34.8 Å². The van der Waals surface area contributed by atoms with Crippen LogP contribution in [-0.2, 0) is 4.79 Å². The van der Waals surface area contributed by atoms with Crippen LogP contribution in [0.15, 0.2) is 24.3 Å². The molecule has 1 saturated heterocycles. The first kappa shape index (κ1) is 22.3. The Morgan fingerprint density at radius 3 is 2.39 bits per heavy atom. The summed E-state index contributed by atoms with van der Waals surface area (Å²) in [7, 11) is 0. The zero-order valence-corrected chi connectivity index (χ0v) is 17.8. The molecule has 28 heavy (non-hydrogen) atoms. The molecule has 2 N–H and O–H groups in total. The molecule has 1 aliphatic heterocycles. The van der Waals surface area contributed by atoms with E-state index in [4.69, 9.17) is 12.2 Å². The fraction of sp³-hybridized carbons (Fsp3) is 0.591. The smallest absolute Gasteiger partial charge is 0.255 e. The van der Waals surface area contributed by atoms with E-state index in [0.717, 1.165) is 38.8 Å². The molecule has 1 heterocycles. The van der Waals surface area contributed by atoms with Gasteiger partial charge in [0.25, 0.3) is 5.91 Å². The molecule has 1 aromatic carbocycles. The summed E-state index contributed by atoms with van der Waals surface area (Å²) >= 11 is 5.29. The van der Waals surface area contributed by atoms with E-state index in [0.29, 0.717) is 17.7 Å². The third kappa shape index (κ3) is 7.58. The zero-order valence-electron chi connectivity index (χ0n) is 17.0. The molecule has 0 aromatic heterocycles. The van der Waals surface area contributed by atoms with Crippen LogP contribution in [0.3, 0.4) is 0 Å². The predicted molar refractivity (Wildman–Crippen MR) is 119 cm³/mol. The van der Waals surface area contributed by atoms with Crippen LogP contribution in [0.2, 0.25) is 0 Å². The van der Waals surface area contributed by atoms with Crippen LogP contribution in [0.1, 0.15) is 81.5 Å². The minimum Gasteiger partial charge on any atom is -0.339 e. The lowest BCUT2D eigenvalue weighted by Crippen LogP contribution is -2.36. The highest BCUT2D eigenvalue weighted by atomic mass is 32.1. The van der Waals surface area contributed by atoms with Gasteiger partial charge in [0.2, 0.25) is 5.91 Å². The maximum atomic E-state index is 13.0. The number of rotatable bonds is 8. The van der Waals surface area contributed by atoms with Crippen LogP contribution in [0, 0.1) is 0 Å². The molecule has 6 heteroatoms. The molecule has 5 nitrogen and oxygen atoms in total. The number of hydrogen-bond acceptors (Lipinski definition) is 3. The Bertz CT molecular complexity index is 655. The van der Waals surface area contributed by atoms with E-state index in [-0.39, 0.29) is 16.9 Å². The van der Waals surface area contributed by atoms with Crippen LogP contribution >= 0.6 is 12.2 Å². The maximum Gasteiger partial charge on any atom is 0.255 e. The van der Waals surface area contributed by atoms with Gasteiger partial charge in [0.1, 0.15) is 0 Å². The van der Waals surface area contributed by atoms with Crippen molar-refractivity contribution in [3.8, 4) is 0 Å². The second-order valence-corrected chi connectivity index (χ2v) is 7.83. The Morgan fingerprint density at radius 2 is 1.68 bits per heavy atom. The van der Waals surface area contributed by atoms with E-state index in [9.17, 15) is 9.59 Å². The standard InChI is InChI=1S/C22H33N3O2S/c1-2-3-4-5-8-15-20(26)24-22(28)23-19-14-10-9-13-18(19)21(27)25-16-11-6-7-12-17-25/h9-10,13-14H,2-8,11-12,15-17H2,1H3,(H2,23,24,26,28). The Hall–Kier alpha value is -1.95. The molecular formula is C22H33N3O2S. The van der Waals surface area contributed by atoms with Gasteiger partial charge in [-0.3, -0.25) is 9.59 Å². The fourth-order valence-electron chi connectivity index (χ4n) is 3.45. The summed E-state index contributed by atoms with van der Waals surface area (Å²) in [6, 6.07) is 7.36. The maximum absolute atomic E-state index is 13.0. The number of nitrogens with one attached hydrogen (secondary N) is 2. The first-order valence-corrected chi connectivity index (χ1v) is 11.0. The number of nitrogens with zero attached hydrogens (tertiary/aromatic N) is 1. The van der Waals surface area contributed by atoms with Crippen molar-refractivity contribution in [2.24, 2.45) is 0 Å². The van der Waals surface area contributed by atoms with Gasteiger partial charge in [-0.25, -0.2) is 0 Å². The van der Waals surface area contributed by atoms with E-state index in [2.05, 4.69) is 17.6 Å². The molecule has 2 rings (SSSR count). The summed E-state index contributed by atoms with van der Waals surface area (Å²) in [5.41, 5.74) is 1.24. The third-order valence-corrected chi connectivity index (χ3v) is 5.26. The number of hydrogen-bond donors (Lipinski definition) is 2. The minimum atomic E-state index is -0.0784. The summed E-state index contributed by atoms with van der Waals surface area (Å²) in [6.45, 7) is 3.77. The van der Waals surface area contributed by atoms with E-state index < -0.39 is 0 Å². The van der Waals surface area contributed by atoms with E-state index in [1.54, 1.807) is 0 Å². The van der Waals surface area contributed by atoms with Gasteiger partial charge < -0.3 is 15.5 Å². The Morgan fingerprint density at radius 1 is 1.00 bits per heavy atom. The number of unbranched alkanes of at least 4 members (excludes halogenated alkanes) is 4. The zero-order chi connectivity index (χ0) is 20.2. The molecular weight excluding hydrogens is 370 g/mol. The van der Waals surface area contributed by atoms with Crippen molar-refractivity contribution in [2.75, 3.05) is 18.4 Å². The van der Waals surface area contributed by atoms with Gasteiger partial charge in [-0.15, -0.1) is 0 Å². The Labute approximate surface area is 174 Å². The molecule has 154 valence electrons. The van der Waals surface area contributed by atoms with Gasteiger partial charge in [-0.2, -0.15) is 0 Å². The van der Waals surface area contributed by atoms with Crippen molar-refractivity contribution < 1.29 is 9.59 Å². The van der Waals surface area contributed by atoms with Crippen molar-refractivity contribution in [1.82, 2.24) is 10.2 Å². The van der Waals surface area contributed by atoms with Gasteiger partial charge in [0, 0.05) is 19.5 Å². The third-order valence-electron chi connectivity index (χ3n) is 5.06. The van der Waals surface area contributed by atoms with Crippen molar-refractivity contribution in [1.29, 1.82) is 0 Å². The summed E-state index contributed by atoms with van der Waals surface area (Å²) in [4.78, 5) is 26.9. The quantitative estimate of drug-likeness (QED) is 0.480. The number of benzene rings is 1. The minimum absolute atomic E-state index is 0.0232. The van der Waals surface area contributed by atoms with Crippen molar-refractivity contribution in [2.45, 2.75) is 71.1 Å². The fourth-order valence-corrected chi connectivity index (χ4v) is 3.68. The predicted octanol–water partition coefficient (Wildman–Crippen LogP) is 4.88. The van der Waals surface area contributed by atoms with Gasteiger partial charge in [0.05, 0.1) is 11.3 Å². The summed E-state index contributed by atoms with van der Waals surface area (Å²) in [5, 5.41) is 6.02. The highest BCUT2D eigenvalue weighted by Gasteiger charge is 2.20. The first-order chi connectivity index (χ1) is 13.6. The molecule has 2 amide bonds. The normalized spacial score (nSPS) is 14.2. The Balaban J connectivity index is 1.88. The average Bonchev–Trinajstić information content (AvgIpc) is 2.97. The molecule has 1 aromatic rings. The second kappa shape index (κ2) is 12.5. The lowest BCUT2D eigenvalue weighted by molar-refractivity contribution is -0.119. The van der Waals surface area contributed by atoms with Gasteiger partial charge in [-0.05, 0) is 43.6 Å². The van der Waals surface area contributed by atoms with Gasteiger partial charge in [0.15, 0.2) is 5.11 Å². The lowest BCUT2D eigenvalue weighted by atomic mass is 10.1. The van der Waals surface area contributed by atoms with E-state index in [1.165, 1.54) is 32.1 Å². The van der Waals surface area contributed by atoms with Crippen LogP contribution in [0.25, 0.3) is 0 Å². The monoisotopic (exact) mass is 403 g/mol. The number of carbonyl (C=O) groups excluding carboxylic acids is 2. The summed E-state index contributed by atoms with van der Waals surface area (Å²) < 4.78 is 0. The van der Waals surface area contributed by atoms with Crippen LogP contribution in [0.4, 0.5) is 5.69 Å². The molecule has 0 bridgehead atoms. The number of amides is 2. The molecule has 0 saturated carbocycles.